The second-order valence-electron chi connectivity index (χ2n) is 4.18. The maximum Gasteiger partial charge on any atom is 0.0587 e. The Labute approximate surface area is 103 Å². The van der Waals surface area contributed by atoms with Gasteiger partial charge in [-0.3, -0.25) is 9.11 Å². The lowest BCUT2D eigenvalue weighted by molar-refractivity contribution is 0.495. The summed E-state index contributed by atoms with van der Waals surface area (Å²) in [5, 5.41) is 0. The summed E-state index contributed by atoms with van der Waals surface area (Å²) in [7, 11) is -2.65. The molecule has 3 heteroatoms. The molecule has 0 unspecified atom stereocenters. The van der Waals surface area contributed by atoms with Gasteiger partial charge in [0.05, 0.1) is 4.90 Å². The summed E-state index contributed by atoms with van der Waals surface area (Å²) in [6.07, 6.45) is 1.45. The molecule has 0 radical (unpaired) electrons. The molecule has 17 heavy (non-hydrogen) atoms. The molecule has 0 saturated heterocycles. The monoisotopic (exact) mass is 248 g/mol. The minimum atomic E-state index is -2.65. The zero-order valence-corrected chi connectivity index (χ0v) is 10.7. The van der Waals surface area contributed by atoms with Crippen molar-refractivity contribution >= 4 is 10.6 Å². The lowest BCUT2D eigenvalue weighted by atomic mass is 10.0. The molecule has 90 valence electrons. The molecule has 0 aliphatic carbocycles. The van der Waals surface area contributed by atoms with Crippen molar-refractivity contribution in [2.75, 3.05) is 6.26 Å². The Bertz CT molecular complexity index is 515. The Balaban J connectivity index is 2.55. The smallest absolute Gasteiger partial charge is 0.0587 e. The van der Waals surface area contributed by atoms with Gasteiger partial charge in [-0.1, -0.05) is 36.4 Å². The molecule has 0 bridgehead atoms. The van der Waals surface area contributed by atoms with Crippen LogP contribution in [0.5, 0.6) is 0 Å². The summed E-state index contributed by atoms with van der Waals surface area (Å²) < 4.78 is 19.4. The molecular weight excluding hydrogens is 232 g/mol. The molecule has 0 spiro atoms. The highest BCUT2D eigenvalue weighted by atomic mass is 32.3. The van der Waals surface area contributed by atoms with Crippen LogP contribution in [-0.4, -0.2) is 15.4 Å². The second-order valence-corrected chi connectivity index (χ2v) is 6.31. The molecule has 2 aromatic carbocycles. The summed E-state index contributed by atoms with van der Waals surface area (Å²) in [6.45, 7) is 2.02. The summed E-state index contributed by atoms with van der Waals surface area (Å²) in [5.41, 5.74) is 3.27. The van der Waals surface area contributed by atoms with E-state index < -0.39 is 10.6 Å². The molecule has 0 saturated carbocycles. The van der Waals surface area contributed by atoms with E-state index in [1.165, 1.54) is 6.26 Å². The van der Waals surface area contributed by atoms with Crippen LogP contribution in [0.15, 0.2) is 53.4 Å². The van der Waals surface area contributed by atoms with Gasteiger partial charge < -0.3 is 0 Å². The molecule has 0 atom stereocenters. The van der Waals surface area contributed by atoms with Crippen molar-refractivity contribution in [1.82, 2.24) is 0 Å². The lowest BCUT2D eigenvalue weighted by Crippen LogP contribution is -1.96. The quantitative estimate of drug-likeness (QED) is 0.827. The zero-order valence-electron chi connectivity index (χ0n) is 9.92. The van der Waals surface area contributed by atoms with Crippen LogP contribution in [0, 0.1) is 6.92 Å². The summed E-state index contributed by atoms with van der Waals surface area (Å²) in [6, 6.07) is 15.5. The van der Waals surface area contributed by atoms with Crippen LogP contribution in [0.3, 0.4) is 0 Å². The fraction of sp³-hybridized carbons (Fsp3) is 0.143. The molecule has 0 fully saturated rings. The van der Waals surface area contributed by atoms with Gasteiger partial charge in [0.1, 0.15) is 0 Å². The van der Waals surface area contributed by atoms with Crippen molar-refractivity contribution in [1.29, 1.82) is 0 Å². The number of aryl methyl sites for hydroxylation is 1. The van der Waals surface area contributed by atoms with Crippen molar-refractivity contribution in [3.8, 4) is 11.1 Å². The van der Waals surface area contributed by atoms with Gasteiger partial charge in [0.25, 0.3) is 0 Å². The van der Waals surface area contributed by atoms with Gasteiger partial charge in [-0.05, 0) is 35.7 Å². The van der Waals surface area contributed by atoms with E-state index in [1.54, 1.807) is 6.07 Å². The number of benzene rings is 2. The third-order valence-electron chi connectivity index (χ3n) is 2.74. The highest BCUT2D eigenvalue weighted by Gasteiger charge is 2.11. The first-order chi connectivity index (χ1) is 7.98. The minimum Gasteiger partial charge on any atom is -0.295 e. The molecule has 0 amide bonds. The van der Waals surface area contributed by atoms with Gasteiger partial charge in [0.15, 0.2) is 0 Å². The van der Waals surface area contributed by atoms with Crippen molar-refractivity contribution in [3.05, 3.63) is 54.1 Å². The van der Waals surface area contributed by atoms with Crippen molar-refractivity contribution in [3.63, 3.8) is 0 Å². The molecule has 2 rings (SSSR count). The minimum absolute atomic E-state index is 0.585. The Hall–Kier alpha value is -1.29. The van der Waals surface area contributed by atoms with Gasteiger partial charge in [-0.2, -0.15) is 10.6 Å². The summed E-state index contributed by atoms with van der Waals surface area (Å²) >= 11 is 0. The molecule has 2 nitrogen and oxygen atoms in total. The van der Waals surface area contributed by atoms with Gasteiger partial charge in [-0.15, -0.1) is 0 Å². The van der Waals surface area contributed by atoms with Gasteiger partial charge in [-0.25, -0.2) is 0 Å². The highest BCUT2D eigenvalue weighted by Crippen LogP contribution is 2.45. The highest BCUT2D eigenvalue weighted by molar-refractivity contribution is 8.23. The van der Waals surface area contributed by atoms with Crippen LogP contribution in [0.2, 0.25) is 0 Å². The second kappa shape index (κ2) is 4.53. The molecule has 0 heterocycles. The molecule has 0 aliphatic heterocycles. The molecule has 2 N–H and O–H groups in total. The predicted octanol–water partition coefficient (Wildman–Crippen LogP) is 4.40. The van der Waals surface area contributed by atoms with Crippen molar-refractivity contribution in [2.45, 2.75) is 11.8 Å². The van der Waals surface area contributed by atoms with Crippen molar-refractivity contribution in [2.24, 2.45) is 0 Å². The Kier molecular flexibility index (Phi) is 3.24. The summed E-state index contributed by atoms with van der Waals surface area (Å²) in [5.74, 6) is 0. The van der Waals surface area contributed by atoms with E-state index in [2.05, 4.69) is 0 Å². The fourth-order valence-corrected chi connectivity index (χ4v) is 2.44. The topological polar surface area (TPSA) is 40.5 Å². The first kappa shape index (κ1) is 12.2. The normalized spacial score (nSPS) is 12.5. The van der Waals surface area contributed by atoms with E-state index in [-0.39, 0.29) is 0 Å². The van der Waals surface area contributed by atoms with Gasteiger partial charge in [0, 0.05) is 6.26 Å². The average Bonchev–Trinajstić information content (AvgIpc) is 2.29. The lowest BCUT2D eigenvalue weighted by Gasteiger charge is -2.27. The standard InChI is InChI=1S/C14H16O2S/c1-11-8-9-13(17(2,15)16)10-14(11)12-6-4-3-5-7-12/h3-10,15-16H,1-2H3. The molecule has 0 aliphatic rings. The van der Waals surface area contributed by atoms with E-state index in [1.807, 2.05) is 49.4 Å². The Morgan fingerprint density at radius 2 is 1.59 bits per heavy atom. The van der Waals surface area contributed by atoms with Gasteiger partial charge >= 0.3 is 0 Å². The van der Waals surface area contributed by atoms with E-state index in [0.29, 0.717) is 4.90 Å². The van der Waals surface area contributed by atoms with Crippen molar-refractivity contribution < 1.29 is 9.11 Å². The predicted molar refractivity (Wildman–Crippen MR) is 73.7 cm³/mol. The van der Waals surface area contributed by atoms with Crippen LogP contribution >= 0.6 is 10.6 Å². The molecule has 2 aromatic rings. The molecular formula is C14H16O2S. The van der Waals surface area contributed by atoms with Crippen LogP contribution in [0.25, 0.3) is 11.1 Å². The van der Waals surface area contributed by atoms with E-state index >= 15 is 0 Å². The first-order valence-electron chi connectivity index (χ1n) is 5.38. The Morgan fingerprint density at radius 1 is 0.941 bits per heavy atom. The average molecular weight is 248 g/mol. The fourth-order valence-electron chi connectivity index (χ4n) is 1.77. The van der Waals surface area contributed by atoms with E-state index in [4.69, 9.17) is 0 Å². The molecule has 0 aromatic heterocycles. The number of hydrogen-bond donors (Lipinski definition) is 2. The Morgan fingerprint density at radius 3 is 2.18 bits per heavy atom. The largest absolute Gasteiger partial charge is 0.295 e. The SMILES string of the molecule is Cc1ccc(S(C)(O)O)cc1-c1ccccc1. The first-order valence-corrected chi connectivity index (χ1v) is 7.33. The van der Waals surface area contributed by atoms with Crippen LogP contribution in [0.4, 0.5) is 0 Å². The maximum atomic E-state index is 9.69. The third kappa shape index (κ3) is 2.69. The number of hydrogen-bond acceptors (Lipinski definition) is 2. The van der Waals surface area contributed by atoms with Crippen LogP contribution < -0.4 is 0 Å². The van der Waals surface area contributed by atoms with E-state index in [0.717, 1.165) is 16.7 Å². The number of rotatable bonds is 2. The van der Waals surface area contributed by atoms with Crippen LogP contribution in [0.1, 0.15) is 5.56 Å². The maximum absolute atomic E-state index is 9.69. The van der Waals surface area contributed by atoms with E-state index in [9.17, 15) is 9.11 Å². The van der Waals surface area contributed by atoms with Gasteiger partial charge in [0.2, 0.25) is 0 Å². The summed E-state index contributed by atoms with van der Waals surface area (Å²) in [4.78, 5) is 0.585. The van der Waals surface area contributed by atoms with Crippen LogP contribution in [-0.2, 0) is 0 Å². The third-order valence-corrected chi connectivity index (χ3v) is 3.89. The zero-order chi connectivity index (χ0) is 12.5.